The molecule has 0 radical (unpaired) electrons. The van der Waals surface area contributed by atoms with Crippen molar-refractivity contribution < 1.29 is 18.4 Å². The highest BCUT2D eigenvalue weighted by atomic mass is 16.7. The van der Waals surface area contributed by atoms with Crippen molar-refractivity contribution in [2.24, 2.45) is 48.2 Å². The van der Waals surface area contributed by atoms with E-state index in [0.29, 0.717) is 101 Å². The summed E-state index contributed by atoms with van der Waals surface area (Å²) in [6.07, 6.45) is 0. The second kappa shape index (κ2) is 58.8. The van der Waals surface area contributed by atoms with Crippen LogP contribution in [0.15, 0.2) is 25.0 Å². The fraction of sp³-hybridized carbons (Fsp3) is 0.727. The molecule has 1 aliphatic heterocycles. The molecule has 46 nitrogen and oxygen atoms in total. The summed E-state index contributed by atoms with van der Waals surface area (Å²) in [6.45, 7) is 85.3. The molecule has 134 heavy (non-hydrogen) atoms. The lowest BCUT2D eigenvalue weighted by Crippen LogP contribution is -2.30. The van der Waals surface area contributed by atoms with Crippen LogP contribution in [0.5, 0.6) is 0 Å². The summed E-state index contributed by atoms with van der Waals surface area (Å²) in [7, 11) is 15.1. The number of aryl methyl sites for hydroxylation is 17. The number of aromatic nitrogens is 40. The Kier molecular flexibility index (Phi) is 52.6. The van der Waals surface area contributed by atoms with E-state index in [9.17, 15) is 0 Å². The Labute approximate surface area is 794 Å². The largest absolute Gasteiger partial charge is 0.389 e. The monoisotopic (exact) mass is 1870 g/mol. The number of allylic oxidation sites excluding steroid dienone is 2. The highest BCUT2D eigenvalue weighted by Crippen LogP contribution is 2.27. The van der Waals surface area contributed by atoms with Gasteiger partial charge in [0.1, 0.15) is 34.8 Å². The first-order chi connectivity index (χ1) is 62.2. The van der Waals surface area contributed by atoms with E-state index in [-0.39, 0.29) is 0 Å². The minimum absolute atomic E-state index is 0.311. The van der Waals surface area contributed by atoms with Gasteiger partial charge in [0.15, 0.2) is 40.7 Å². The molecule has 13 aromatic heterocycles. The maximum atomic E-state index is 5.39. The van der Waals surface area contributed by atoms with Crippen LogP contribution in [0.4, 0.5) is 0 Å². The molecule has 14 rings (SSSR count). The molecule has 0 saturated carbocycles. The second-order valence-corrected chi connectivity index (χ2v) is 36.2. The summed E-state index contributed by atoms with van der Waals surface area (Å²) in [4.78, 5) is 26.6. The molecule has 0 N–H and O–H groups in total. The van der Waals surface area contributed by atoms with Crippen LogP contribution in [0.3, 0.4) is 0 Å². The Morgan fingerprint density at radius 2 is 0.851 bits per heavy atom. The predicted molar refractivity (Wildman–Crippen MR) is 514 cm³/mol. The first-order valence-electron chi connectivity index (χ1n) is 45.7. The number of hydrazine groups is 1. The lowest BCUT2D eigenvalue weighted by molar-refractivity contribution is -0.184. The topological polar surface area (TPSA) is 491 Å². The van der Waals surface area contributed by atoms with Crippen LogP contribution in [0.2, 0.25) is 0 Å². The summed E-state index contributed by atoms with van der Waals surface area (Å²) >= 11 is 0. The van der Waals surface area contributed by atoms with E-state index in [1.54, 1.807) is 47.5 Å². The van der Waals surface area contributed by atoms with Crippen LogP contribution < -0.4 is 0 Å². The average Bonchev–Trinajstić information content (AvgIpc) is 1.68. The van der Waals surface area contributed by atoms with Crippen LogP contribution in [0.1, 0.15) is 405 Å². The molecule has 0 aliphatic carbocycles. The van der Waals surface area contributed by atoms with Crippen LogP contribution in [-0.2, 0) is 47.1 Å². The number of hydrogen-bond acceptors (Lipinski definition) is 36. The van der Waals surface area contributed by atoms with Gasteiger partial charge in [0.2, 0.25) is 11.8 Å². The number of nitrogens with zero attached hydrogens (tertiary/aromatic N) is 42. The third-order valence-corrected chi connectivity index (χ3v) is 18.9. The van der Waals surface area contributed by atoms with Crippen molar-refractivity contribution >= 4 is 0 Å². The van der Waals surface area contributed by atoms with Crippen LogP contribution >= 0.6 is 0 Å². The minimum Gasteiger partial charge on any atom is -0.389 e. The third kappa shape index (κ3) is 42.0. The Morgan fingerprint density at radius 1 is 0.291 bits per heavy atom. The van der Waals surface area contributed by atoms with Crippen LogP contribution in [-0.4, -0.2) is 225 Å². The average molecular weight is 1870 g/mol. The molecule has 0 aromatic carbocycles. The Balaban J connectivity index is 0.000000722. The van der Waals surface area contributed by atoms with E-state index in [0.717, 1.165) is 109 Å². The second-order valence-electron chi connectivity index (χ2n) is 36.2. The highest BCUT2D eigenvalue weighted by Gasteiger charge is 2.26. The highest BCUT2D eigenvalue weighted by molar-refractivity contribution is 5.14. The first-order valence-corrected chi connectivity index (χ1v) is 45.7. The van der Waals surface area contributed by atoms with Gasteiger partial charge in [0.25, 0.3) is 0 Å². The Morgan fingerprint density at radius 3 is 1.06 bits per heavy atom. The van der Waals surface area contributed by atoms with E-state index < -0.39 is 0 Å². The van der Waals surface area contributed by atoms with Gasteiger partial charge in [0, 0.05) is 109 Å². The zero-order valence-electron chi connectivity index (χ0n) is 90.5. The summed E-state index contributed by atoms with van der Waals surface area (Å²) in [5, 5.41) is 104. The van der Waals surface area contributed by atoms with Gasteiger partial charge in [-0.3, -0.25) is 19.1 Å². The molecule has 0 atom stereocenters. The molecular formula is C88H164N42O4. The predicted octanol–water partition coefficient (Wildman–Crippen LogP) is 15.8. The van der Waals surface area contributed by atoms with E-state index in [2.05, 4.69) is 278 Å². The van der Waals surface area contributed by atoms with Gasteiger partial charge in [-0.1, -0.05) is 170 Å². The van der Waals surface area contributed by atoms with Crippen molar-refractivity contribution in [3.63, 3.8) is 0 Å². The van der Waals surface area contributed by atoms with Gasteiger partial charge in [-0.2, -0.15) is 44.8 Å². The minimum atomic E-state index is 0.311. The number of tetrazole rings is 4. The third-order valence-electron chi connectivity index (χ3n) is 18.9. The van der Waals surface area contributed by atoms with Gasteiger partial charge in [-0.15, -0.1) is 51.0 Å². The molecule has 1 aliphatic rings. The lowest BCUT2D eigenvalue weighted by Gasteiger charge is -2.22. The zero-order valence-corrected chi connectivity index (χ0v) is 90.5. The first kappa shape index (κ1) is 120. The molecule has 0 bridgehead atoms. The summed E-state index contributed by atoms with van der Waals surface area (Å²) < 4.78 is 27.1. The maximum Gasteiger partial charge on any atom is 0.229 e. The molecule has 0 saturated heterocycles. The molecule has 0 unspecified atom stereocenters. The molecule has 14 heterocycles. The van der Waals surface area contributed by atoms with E-state index in [4.69, 9.17) is 18.4 Å². The summed E-state index contributed by atoms with van der Waals surface area (Å²) in [5.41, 5.74) is 11.1. The van der Waals surface area contributed by atoms with Crippen molar-refractivity contribution in [1.82, 2.24) is 211 Å². The number of hydroxylamine groups is 1. The molecule has 46 heteroatoms. The number of hydrogen-bond donors (Lipinski definition) is 0. The zero-order chi connectivity index (χ0) is 103. The summed E-state index contributed by atoms with van der Waals surface area (Å²) in [5.74, 6) is 16.1. The van der Waals surface area contributed by atoms with Crippen molar-refractivity contribution in [2.45, 2.75) is 368 Å². The van der Waals surface area contributed by atoms with Crippen molar-refractivity contribution in [3.8, 4) is 0 Å². The molecule has 750 valence electrons. The fourth-order valence-electron chi connectivity index (χ4n) is 11.7. The Bertz CT molecular complexity index is 4940. The van der Waals surface area contributed by atoms with E-state index in [1.165, 1.54) is 16.2 Å². The quantitative estimate of drug-likeness (QED) is 0.0975. The smallest absolute Gasteiger partial charge is 0.229 e. The van der Waals surface area contributed by atoms with Gasteiger partial charge in [-0.05, 0) is 200 Å². The molecule has 0 amide bonds. The maximum absolute atomic E-state index is 5.39. The van der Waals surface area contributed by atoms with E-state index >= 15 is 0 Å². The van der Waals surface area contributed by atoms with Gasteiger partial charge >= 0.3 is 0 Å². The van der Waals surface area contributed by atoms with Gasteiger partial charge < -0.3 is 18.4 Å². The van der Waals surface area contributed by atoms with Crippen molar-refractivity contribution in [2.75, 3.05) is 14.1 Å². The van der Waals surface area contributed by atoms with Crippen molar-refractivity contribution in [3.05, 3.63) is 138 Å². The molecule has 0 fully saturated rings. The fourth-order valence-corrected chi connectivity index (χ4v) is 11.7. The molecular weight excluding hydrogens is 1710 g/mol. The molecule has 13 aromatic rings. The van der Waals surface area contributed by atoms with Crippen LogP contribution in [0, 0.1) is 95.9 Å². The normalized spacial score (nSPS) is 11.5. The number of rotatable bonds is 14. The van der Waals surface area contributed by atoms with Gasteiger partial charge in [0.05, 0.1) is 70.4 Å². The Hall–Kier alpha value is -12.2. The lowest BCUT2D eigenvalue weighted by atomic mass is 10.1. The standard InChI is InChI=1S/C8H16N2O.6C7H13N3.3C6H10N2O.4C5H10N4/c1-6(2)8-7(3)11-10(5)9(8)4;1-5(2)7-8-6(3)10(4)9-7;1-5(2)7-6(3)10(4)9-8-7;1-5(2)7-6(3)8-9-10(7)4;1-5(2)7-6(3)8-10(4)9-7;1-5(2)10-7(4)8-6(3)9-10;1-5(2)10-7(4)6(3)8-9-10;1-4(2)6-7-5(3)9-8-6;1-4(2)6-7-5(3)8-9-6;1-4(2)6-5(3)9-8-7-6;1-4(2)5-6-7-8-9(5)3;1-4(2)5-6-8-9(3)7-5;1-4(2)9-5(3)6-7-8-9;1-4(2)9-7-5(3)6-8-9/h6H,1-5H3;6*5H,1-4H3;7*4H,1-3H3. The van der Waals surface area contributed by atoms with Crippen LogP contribution in [0.25, 0.3) is 0 Å². The molecule has 0 spiro atoms. The summed E-state index contributed by atoms with van der Waals surface area (Å²) in [6, 6.07) is 1.51. The SMILES string of the molecule is CC(C)c1nnn(C)n1.CC(C)c1nnnn1C.CC1=C(C(C)C)N(C)N(C)O1.Cc1c(C(C)C)nnn1C.Cc1nc(C(C)C)nn1C.Cc1nc(C(C)C)no1.Cc1nc(C)n(C(C)C)n1.Cc1nn(C)nc1C(C)C.Cc1nnn(C(C)C)c1C.Cc1nnn(C(C)C)n1.Cc1nnn(C)c1C(C)C.Cc1nnnn1C(C)C.Cc1noc(C(C)C)n1.Cc1onnc1C(C)C. The van der Waals surface area contributed by atoms with Crippen molar-refractivity contribution in [1.29, 1.82) is 0 Å². The van der Waals surface area contributed by atoms with Gasteiger partial charge in [-0.25, -0.2) is 28.7 Å². The van der Waals surface area contributed by atoms with E-state index in [1.807, 2.05) is 228 Å².